The van der Waals surface area contributed by atoms with Gasteiger partial charge < -0.3 is 44.2 Å². The summed E-state index contributed by atoms with van der Waals surface area (Å²) in [4.78, 5) is 17.8. The molecule has 621 valence electrons. The van der Waals surface area contributed by atoms with Gasteiger partial charge in [0, 0.05) is 144 Å². The quantitative estimate of drug-likeness (QED) is 0.0773. The molecule has 0 aliphatic carbocycles. The second-order valence-electron chi connectivity index (χ2n) is 28.4. The van der Waals surface area contributed by atoms with E-state index in [2.05, 4.69) is 270 Å². The zero-order valence-electron chi connectivity index (χ0n) is 67.4. The van der Waals surface area contributed by atoms with Crippen LogP contribution >= 0.6 is 0 Å². The van der Waals surface area contributed by atoms with Crippen LogP contribution in [-0.2, 0) is 113 Å². The Morgan fingerprint density at radius 2 is 0.675 bits per heavy atom. The second-order valence-corrected chi connectivity index (χ2v) is 28.4. The fourth-order valence-electron chi connectivity index (χ4n) is 14.9. The third-order valence-corrected chi connectivity index (χ3v) is 20.8. The van der Waals surface area contributed by atoms with Gasteiger partial charge in [0.25, 0.3) is 0 Å². The second kappa shape index (κ2) is 38.5. The minimum atomic E-state index is -4.56. The Balaban J connectivity index is 0.000000129. The molecule has 21 rings (SSSR count). The van der Waals surface area contributed by atoms with Gasteiger partial charge in [-0.2, -0.15) is 26.3 Å². The van der Waals surface area contributed by atoms with Gasteiger partial charge in [-0.1, -0.05) is 162 Å². The van der Waals surface area contributed by atoms with Crippen molar-refractivity contribution in [3.63, 3.8) is 0 Å². The number of para-hydroxylation sites is 6. The van der Waals surface area contributed by atoms with Gasteiger partial charge in [-0.05, 0) is 172 Å². The van der Waals surface area contributed by atoms with Crippen molar-refractivity contribution < 1.29 is 100 Å². The SMILES string of the molecule is CCn1c2ccccc2c2c[c-]c(-c3ccc4ccccc4n3)cc21.CCn1c2ccccc2c2c[c-]c(-c3ccc4ccccc4n3)cc21.CCn1c2ccccc2c2c[c-]c(-c3ccc4ccccc4n3)cc21.C[n+]1ccccc1-c1cc(C(F)(F)F)n[n-]1.C[n+]1ccccc1-c1nc(C(F)(F)F)n[n-]1.Cc1cc(-c2cccc[n+]2C)[n-]n1.[Ir].[Ir].[Ir]. The Labute approximate surface area is 745 Å². The summed E-state index contributed by atoms with van der Waals surface area (Å²) in [6, 6.07) is 106. The van der Waals surface area contributed by atoms with Crippen molar-refractivity contribution in [1.29, 1.82) is 0 Å². The van der Waals surface area contributed by atoms with Gasteiger partial charge in [-0.25, -0.2) is 13.7 Å². The van der Waals surface area contributed by atoms with Gasteiger partial charge in [0.15, 0.2) is 30.0 Å². The van der Waals surface area contributed by atoms with Crippen molar-refractivity contribution in [2.75, 3.05) is 0 Å². The molecule has 12 heterocycles. The zero-order valence-corrected chi connectivity index (χ0v) is 74.6. The molecule has 21 aromatic rings. The smallest absolute Gasteiger partial charge is 0.431 e. The molecule has 12 aromatic heterocycles. The normalized spacial score (nSPS) is 11.2. The summed E-state index contributed by atoms with van der Waals surface area (Å²) in [6.45, 7) is 11.3. The number of pyridine rings is 6. The van der Waals surface area contributed by atoms with E-state index in [0.717, 1.165) is 109 Å². The Hall–Kier alpha value is -12.9. The molecule has 0 aliphatic rings. The van der Waals surface area contributed by atoms with Crippen LogP contribution in [-0.4, -0.2) is 48.9 Å². The minimum absolute atomic E-state index is 0. The summed E-state index contributed by atoms with van der Waals surface area (Å²) in [5.41, 5.74) is 19.9. The third kappa shape index (κ3) is 19.0. The molecule has 0 unspecified atom stereocenters. The molecular formula is C98H77F6Ir3N16-3. The molecule has 3 radical (unpaired) electrons. The van der Waals surface area contributed by atoms with Crippen LogP contribution in [0.25, 0.3) is 166 Å². The number of aryl methyl sites for hydroxylation is 7. The summed E-state index contributed by atoms with van der Waals surface area (Å²) in [5, 5.41) is 32.2. The predicted molar refractivity (Wildman–Crippen MR) is 459 cm³/mol. The average molecular weight is 2170 g/mol. The largest absolute Gasteiger partial charge is 0.570 e. The van der Waals surface area contributed by atoms with Crippen LogP contribution in [0.5, 0.6) is 0 Å². The van der Waals surface area contributed by atoms with Crippen LogP contribution < -0.4 is 29.0 Å². The molecule has 0 fully saturated rings. The first-order chi connectivity index (χ1) is 58.3. The standard InChI is InChI=1S/3C23H17N2.C10H8F3N3.C10H11N3.C9H7F3N4.3Ir/c3*1-2-25-22-10-6-4-8-18(22)19-13-11-17(15-23(19)25)21-14-12-16-7-3-5-9-20(16)24-21;1-16-5-3-2-4-8(16)7-6-9(15-14-7)10(11,12)13;1-8-7-9(12-11-8)10-5-3-4-6-13(10)2;1-16-5-3-2-4-6(16)7-13-8(15-14-7)9(10,11)12;;;/h3*3-10,12-15H,2H2,1H3;2-6H,1H3;3-7H,1-2H3;2-5H,1H3;;;/q3*-1;;;;;;. The van der Waals surface area contributed by atoms with Gasteiger partial charge in [0.1, 0.15) is 32.7 Å². The van der Waals surface area contributed by atoms with Gasteiger partial charge >= 0.3 is 12.4 Å². The molecule has 9 aromatic carbocycles. The maximum atomic E-state index is 12.3. The van der Waals surface area contributed by atoms with Crippen molar-refractivity contribution in [2.45, 2.75) is 59.7 Å². The average Bonchev–Trinajstić information content (AvgIpc) is 1.62. The van der Waals surface area contributed by atoms with E-state index in [1.54, 1.807) is 72.0 Å². The number of nitrogens with zero attached hydrogens (tertiary/aromatic N) is 16. The number of benzene rings is 9. The Kier molecular flexibility index (Phi) is 27.5. The van der Waals surface area contributed by atoms with Gasteiger partial charge in [0.2, 0.25) is 5.69 Å². The number of fused-ring (bicyclic) bond motifs is 12. The molecule has 0 saturated carbocycles. The van der Waals surface area contributed by atoms with E-state index in [-0.39, 0.29) is 71.8 Å². The van der Waals surface area contributed by atoms with E-state index in [4.69, 9.17) is 15.0 Å². The molecular weight excluding hydrogens is 2090 g/mol. The van der Waals surface area contributed by atoms with Crippen molar-refractivity contribution in [3.8, 4) is 68.1 Å². The van der Waals surface area contributed by atoms with E-state index in [1.807, 2.05) is 85.4 Å². The van der Waals surface area contributed by atoms with Crippen LogP contribution in [0.1, 0.15) is 38.0 Å². The molecule has 0 amide bonds. The summed E-state index contributed by atoms with van der Waals surface area (Å²) in [5.74, 6) is -1.25. The molecule has 123 heavy (non-hydrogen) atoms. The predicted octanol–water partition coefficient (Wildman–Crippen LogP) is 20.8. The van der Waals surface area contributed by atoms with Crippen LogP contribution in [0, 0.1) is 25.1 Å². The Morgan fingerprint density at radius 3 is 1.01 bits per heavy atom. The molecule has 0 bridgehead atoms. The van der Waals surface area contributed by atoms with Crippen LogP contribution in [0.3, 0.4) is 0 Å². The van der Waals surface area contributed by atoms with E-state index < -0.39 is 23.9 Å². The molecule has 0 atom stereocenters. The van der Waals surface area contributed by atoms with Crippen LogP contribution in [0.4, 0.5) is 26.3 Å². The van der Waals surface area contributed by atoms with Crippen molar-refractivity contribution in [1.82, 2.24) is 64.2 Å². The fourth-order valence-corrected chi connectivity index (χ4v) is 14.9. The number of rotatable bonds is 9. The summed E-state index contributed by atoms with van der Waals surface area (Å²) < 4.78 is 86.1. The molecule has 0 aliphatic heterocycles. The molecule has 0 saturated heterocycles. The molecule has 0 spiro atoms. The fraction of sp³-hybridized carbons (Fsp3) is 0.122. The maximum Gasteiger partial charge on any atom is 0.431 e. The third-order valence-electron chi connectivity index (χ3n) is 20.8. The molecule has 16 nitrogen and oxygen atoms in total. The first kappa shape index (κ1) is 87.9. The Bertz CT molecular complexity index is 6730. The topological polar surface area (TPSA) is 159 Å². The van der Waals surface area contributed by atoms with E-state index in [0.29, 0.717) is 11.4 Å². The van der Waals surface area contributed by atoms with Crippen molar-refractivity contribution in [3.05, 3.63) is 339 Å². The summed E-state index contributed by atoms with van der Waals surface area (Å²) in [7, 11) is 5.43. The first-order valence-corrected chi connectivity index (χ1v) is 39.0. The Morgan fingerprint density at radius 1 is 0.333 bits per heavy atom. The zero-order chi connectivity index (χ0) is 83.2. The summed E-state index contributed by atoms with van der Waals surface area (Å²) >= 11 is 0. The van der Waals surface area contributed by atoms with Gasteiger partial charge in [-0.3, -0.25) is 20.1 Å². The number of aromatic nitrogens is 16. The number of halogens is 6. The van der Waals surface area contributed by atoms with Gasteiger partial charge in [-0.15, -0.1) is 71.3 Å². The number of hydrogen-bond donors (Lipinski definition) is 0. The summed E-state index contributed by atoms with van der Waals surface area (Å²) in [6.07, 6.45) is -3.58. The number of alkyl halides is 6. The van der Waals surface area contributed by atoms with Crippen LogP contribution in [0.2, 0.25) is 0 Å². The monoisotopic (exact) mass is 2170 g/mol. The molecule has 25 heteroatoms. The first-order valence-electron chi connectivity index (χ1n) is 39.0. The van der Waals surface area contributed by atoms with Crippen molar-refractivity contribution in [2.24, 2.45) is 21.1 Å². The van der Waals surface area contributed by atoms with E-state index in [1.165, 1.54) is 65.4 Å². The van der Waals surface area contributed by atoms with E-state index >= 15 is 0 Å². The molecule has 0 N–H and O–H groups in total. The van der Waals surface area contributed by atoms with Crippen LogP contribution in [0.15, 0.2) is 304 Å². The minimum Gasteiger partial charge on any atom is -0.570 e. The maximum absolute atomic E-state index is 12.3. The van der Waals surface area contributed by atoms with Crippen molar-refractivity contribution >= 4 is 98.1 Å². The van der Waals surface area contributed by atoms with Gasteiger partial charge in [0.05, 0.1) is 16.6 Å². The number of hydrogen-bond acceptors (Lipinski definition) is 7. The van der Waals surface area contributed by atoms with E-state index in [9.17, 15) is 26.3 Å².